The Labute approximate surface area is 170 Å². The van der Waals surface area contributed by atoms with Crippen LogP contribution in [0, 0.1) is 0 Å². The van der Waals surface area contributed by atoms with Gasteiger partial charge >= 0.3 is 0 Å². The number of aliphatic imine (C=N–C) groups is 1. The van der Waals surface area contributed by atoms with Crippen LogP contribution in [-0.2, 0) is 18.5 Å². The quantitative estimate of drug-likeness (QED) is 0.384. The summed E-state index contributed by atoms with van der Waals surface area (Å²) in [7, 11) is 1.76. The number of halogens is 2. The summed E-state index contributed by atoms with van der Waals surface area (Å²) in [5.74, 6) is 0.748. The first kappa shape index (κ1) is 21.2. The van der Waals surface area contributed by atoms with Crippen LogP contribution in [0.25, 0.3) is 0 Å². The molecule has 4 nitrogen and oxygen atoms in total. The van der Waals surface area contributed by atoms with Crippen LogP contribution in [0.4, 0.5) is 0 Å². The van der Waals surface area contributed by atoms with Gasteiger partial charge in [0.2, 0.25) is 0 Å². The zero-order valence-electron chi connectivity index (χ0n) is 14.4. The van der Waals surface area contributed by atoms with E-state index in [9.17, 15) is 0 Å². The third-order valence-electron chi connectivity index (χ3n) is 3.30. The van der Waals surface area contributed by atoms with Gasteiger partial charge in [-0.25, -0.2) is 4.98 Å². The number of thiazole rings is 1. The second-order valence-corrected chi connectivity index (χ2v) is 7.66. The number of hydrogen-bond acceptors (Lipinski definition) is 3. The van der Waals surface area contributed by atoms with Crippen LogP contribution in [0.5, 0.6) is 0 Å². The minimum atomic E-state index is 0. The van der Waals surface area contributed by atoms with E-state index in [0.717, 1.165) is 27.2 Å². The smallest absolute Gasteiger partial charge is 0.191 e. The van der Waals surface area contributed by atoms with Crippen LogP contribution in [0.1, 0.15) is 37.0 Å². The van der Waals surface area contributed by atoms with Crippen molar-refractivity contribution in [3.8, 4) is 0 Å². The van der Waals surface area contributed by atoms with Crippen molar-refractivity contribution >= 4 is 52.9 Å². The Morgan fingerprint density at radius 2 is 1.96 bits per heavy atom. The Morgan fingerprint density at radius 3 is 2.54 bits per heavy atom. The highest BCUT2D eigenvalue weighted by molar-refractivity contribution is 14.0. The van der Waals surface area contributed by atoms with Gasteiger partial charge in [0, 0.05) is 29.4 Å². The average molecular weight is 479 g/mol. The number of benzene rings is 1. The van der Waals surface area contributed by atoms with E-state index in [0.29, 0.717) is 13.1 Å². The standard InChI is InChI=1S/C17H23ClN4S.HI/c1-17(2,3)14-11-23-15(22-14)10-21-16(19-4)20-9-12-6-5-7-13(18)8-12;/h5-8,11H,9-10H2,1-4H3,(H2,19,20,21);1H. The molecule has 0 saturated carbocycles. The van der Waals surface area contributed by atoms with E-state index in [1.807, 2.05) is 24.3 Å². The molecule has 7 heteroatoms. The first-order chi connectivity index (χ1) is 10.9. The minimum Gasteiger partial charge on any atom is -0.352 e. The first-order valence-electron chi connectivity index (χ1n) is 7.52. The van der Waals surface area contributed by atoms with Crippen LogP contribution >= 0.6 is 46.9 Å². The average Bonchev–Trinajstić information content (AvgIpc) is 2.96. The van der Waals surface area contributed by atoms with Gasteiger partial charge in [-0.15, -0.1) is 35.3 Å². The highest BCUT2D eigenvalue weighted by atomic mass is 127. The summed E-state index contributed by atoms with van der Waals surface area (Å²) in [5.41, 5.74) is 2.33. The molecule has 0 fully saturated rings. The van der Waals surface area contributed by atoms with Gasteiger partial charge in [0.25, 0.3) is 0 Å². The molecule has 2 rings (SSSR count). The molecular weight excluding hydrogens is 455 g/mol. The van der Waals surface area contributed by atoms with Crippen molar-refractivity contribution in [2.45, 2.75) is 39.3 Å². The number of nitrogens with zero attached hydrogens (tertiary/aromatic N) is 2. The normalized spacial score (nSPS) is 11.8. The zero-order chi connectivity index (χ0) is 16.9. The summed E-state index contributed by atoms with van der Waals surface area (Å²) < 4.78 is 0. The Morgan fingerprint density at radius 1 is 1.25 bits per heavy atom. The molecule has 2 N–H and O–H groups in total. The van der Waals surface area contributed by atoms with E-state index < -0.39 is 0 Å². The monoisotopic (exact) mass is 478 g/mol. The maximum Gasteiger partial charge on any atom is 0.191 e. The van der Waals surface area contributed by atoms with Crippen molar-refractivity contribution in [2.24, 2.45) is 4.99 Å². The molecule has 0 bridgehead atoms. The van der Waals surface area contributed by atoms with Crippen LogP contribution in [0.3, 0.4) is 0 Å². The lowest BCUT2D eigenvalue weighted by atomic mass is 9.93. The van der Waals surface area contributed by atoms with Gasteiger partial charge in [0.1, 0.15) is 5.01 Å². The Bertz CT molecular complexity index is 679. The molecule has 0 aliphatic rings. The van der Waals surface area contributed by atoms with Crippen molar-refractivity contribution in [2.75, 3.05) is 7.05 Å². The number of guanidine groups is 1. The fourth-order valence-electron chi connectivity index (χ4n) is 1.95. The van der Waals surface area contributed by atoms with Gasteiger partial charge < -0.3 is 10.6 Å². The van der Waals surface area contributed by atoms with Gasteiger partial charge in [-0.2, -0.15) is 0 Å². The van der Waals surface area contributed by atoms with Crippen molar-refractivity contribution in [1.82, 2.24) is 15.6 Å². The molecule has 0 radical (unpaired) electrons. The van der Waals surface area contributed by atoms with Crippen molar-refractivity contribution in [1.29, 1.82) is 0 Å². The van der Waals surface area contributed by atoms with Gasteiger partial charge in [-0.05, 0) is 17.7 Å². The Balaban J connectivity index is 0.00000288. The second-order valence-electron chi connectivity index (χ2n) is 6.29. The maximum atomic E-state index is 5.99. The molecule has 2 aromatic rings. The van der Waals surface area contributed by atoms with Crippen LogP contribution < -0.4 is 10.6 Å². The molecule has 132 valence electrons. The highest BCUT2D eigenvalue weighted by Gasteiger charge is 2.17. The van der Waals surface area contributed by atoms with Gasteiger partial charge in [0.15, 0.2) is 5.96 Å². The molecule has 24 heavy (non-hydrogen) atoms. The van der Waals surface area contributed by atoms with E-state index >= 15 is 0 Å². The molecule has 0 atom stereocenters. The summed E-state index contributed by atoms with van der Waals surface area (Å²) in [6.45, 7) is 7.85. The van der Waals surface area contributed by atoms with Crippen LogP contribution in [-0.4, -0.2) is 18.0 Å². The molecule has 0 unspecified atom stereocenters. The van der Waals surface area contributed by atoms with Gasteiger partial charge in [-0.3, -0.25) is 4.99 Å². The maximum absolute atomic E-state index is 5.99. The predicted molar refractivity (Wildman–Crippen MR) is 115 cm³/mol. The Kier molecular flexibility index (Phi) is 8.45. The molecule has 1 aromatic carbocycles. The summed E-state index contributed by atoms with van der Waals surface area (Å²) in [6, 6.07) is 7.79. The Hall–Kier alpha value is -0.860. The number of aromatic nitrogens is 1. The molecule has 1 aromatic heterocycles. The van der Waals surface area contributed by atoms with E-state index in [1.54, 1.807) is 18.4 Å². The summed E-state index contributed by atoms with van der Waals surface area (Å²) in [6.07, 6.45) is 0. The predicted octanol–water partition coefficient (Wildman–Crippen LogP) is 4.58. The molecule has 0 amide bonds. The second kappa shape index (κ2) is 9.58. The molecule has 0 saturated heterocycles. The van der Waals surface area contributed by atoms with E-state index in [-0.39, 0.29) is 29.4 Å². The molecule has 0 spiro atoms. The van der Waals surface area contributed by atoms with E-state index in [4.69, 9.17) is 11.6 Å². The van der Waals surface area contributed by atoms with E-state index in [1.165, 1.54) is 0 Å². The third kappa shape index (κ3) is 6.57. The SMILES string of the molecule is CN=C(NCc1cccc(Cl)c1)NCc1nc(C(C)(C)C)cs1.I. The number of rotatable bonds is 4. The molecule has 0 aliphatic carbocycles. The largest absolute Gasteiger partial charge is 0.352 e. The van der Waals surface area contributed by atoms with Crippen molar-refractivity contribution in [3.63, 3.8) is 0 Å². The lowest BCUT2D eigenvalue weighted by molar-refractivity contribution is 0.570. The van der Waals surface area contributed by atoms with Crippen molar-refractivity contribution in [3.05, 3.63) is 50.9 Å². The zero-order valence-corrected chi connectivity index (χ0v) is 18.3. The minimum absolute atomic E-state index is 0. The van der Waals surface area contributed by atoms with Gasteiger partial charge in [-0.1, -0.05) is 44.5 Å². The number of hydrogen-bond donors (Lipinski definition) is 2. The lowest BCUT2D eigenvalue weighted by Gasteiger charge is -2.14. The lowest BCUT2D eigenvalue weighted by Crippen LogP contribution is -2.36. The topological polar surface area (TPSA) is 49.3 Å². The number of nitrogens with one attached hydrogen (secondary N) is 2. The first-order valence-corrected chi connectivity index (χ1v) is 8.78. The van der Waals surface area contributed by atoms with Crippen molar-refractivity contribution < 1.29 is 0 Å². The third-order valence-corrected chi connectivity index (χ3v) is 4.38. The van der Waals surface area contributed by atoms with Crippen LogP contribution in [0.15, 0.2) is 34.6 Å². The molecular formula is C17H24ClIN4S. The van der Waals surface area contributed by atoms with Crippen LogP contribution in [0.2, 0.25) is 5.02 Å². The molecule has 0 aliphatic heterocycles. The molecule has 1 heterocycles. The fraction of sp³-hybridized carbons (Fsp3) is 0.412. The fourth-order valence-corrected chi connectivity index (χ4v) is 3.12. The van der Waals surface area contributed by atoms with Gasteiger partial charge in [0.05, 0.1) is 12.2 Å². The summed E-state index contributed by atoms with van der Waals surface area (Å²) in [4.78, 5) is 8.91. The highest BCUT2D eigenvalue weighted by Crippen LogP contribution is 2.23. The van der Waals surface area contributed by atoms with E-state index in [2.05, 4.69) is 46.8 Å². The summed E-state index contributed by atoms with van der Waals surface area (Å²) >= 11 is 7.67. The summed E-state index contributed by atoms with van der Waals surface area (Å²) in [5, 5.41) is 10.5.